The molecule has 2 N–H and O–H groups in total. The van der Waals surface area contributed by atoms with Crippen molar-refractivity contribution in [3.8, 4) is 0 Å². The highest BCUT2D eigenvalue weighted by Gasteiger charge is 2.33. The Bertz CT molecular complexity index is 418. The fourth-order valence-electron chi connectivity index (χ4n) is 2.97. The minimum atomic E-state index is -3.28. The molecular weight excluding hydrogens is 274 g/mol. The van der Waals surface area contributed by atoms with Crippen LogP contribution in [0.5, 0.6) is 0 Å². The number of rotatable bonds is 8. The van der Waals surface area contributed by atoms with Crippen molar-refractivity contribution in [3.05, 3.63) is 0 Å². The molecule has 20 heavy (non-hydrogen) atoms. The van der Waals surface area contributed by atoms with Crippen molar-refractivity contribution in [2.24, 2.45) is 5.92 Å². The van der Waals surface area contributed by atoms with Gasteiger partial charge in [0.25, 0.3) is 10.2 Å². The van der Waals surface area contributed by atoms with Crippen LogP contribution in [0.25, 0.3) is 0 Å². The largest absolute Gasteiger partial charge is 0.312 e. The molecule has 1 heterocycles. The van der Waals surface area contributed by atoms with Crippen LogP contribution < -0.4 is 10.0 Å². The van der Waals surface area contributed by atoms with E-state index >= 15 is 0 Å². The van der Waals surface area contributed by atoms with Gasteiger partial charge in [-0.25, -0.2) is 4.72 Å². The molecule has 2 saturated carbocycles. The van der Waals surface area contributed by atoms with Gasteiger partial charge in [0.2, 0.25) is 0 Å². The van der Waals surface area contributed by atoms with Crippen LogP contribution in [0.2, 0.25) is 0 Å². The van der Waals surface area contributed by atoms with Crippen molar-refractivity contribution >= 4 is 10.2 Å². The molecule has 0 spiro atoms. The van der Waals surface area contributed by atoms with Gasteiger partial charge in [-0.2, -0.15) is 12.7 Å². The number of piperidine rings is 1. The highest BCUT2D eigenvalue weighted by atomic mass is 32.2. The highest BCUT2D eigenvalue weighted by molar-refractivity contribution is 7.87. The first-order valence-electron chi connectivity index (χ1n) is 8.15. The lowest BCUT2D eigenvalue weighted by Gasteiger charge is -2.34. The second-order valence-corrected chi connectivity index (χ2v) is 8.28. The Morgan fingerprint density at radius 3 is 2.55 bits per heavy atom. The average Bonchev–Trinajstić information content (AvgIpc) is 3.31. The summed E-state index contributed by atoms with van der Waals surface area (Å²) in [7, 11) is -3.28. The van der Waals surface area contributed by atoms with Crippen LogP contribution in [0.3, 0.4) is 0 Å². The maximum Gasteiger partial charge on any atom is 0.279 e. The van der Waals surface area contributed by atoms with Gasteiger partial charge < -0.3 is 5.32 Å². The van der Waals surface area contributed by atoms with Crippen LogP contribution in [0.1, 0.15) is 51.4 Å². The monoisotopic (exact) mass is 301 g/mol. The first kappa shape index (κ1) is 14.8. The maximum atomic E-state index is 12.4. The summed E-state index contributed by atoms with van der Waals surface area (Å²) < 4.78 is 29.4. The van der Waals surface area contributed by atoms with E-state index in [1.807, 2.05) is 0 Å². The van der Waals surface area contributed by atoms with E-state index in [4.69, 9.17) is 0 Å². The van der Waals surface area contributed by atoms with Crippen LogP contribution >= 0.6 is 0 Å². The molecule has 0 aromatic heterocycles. The number of hydrogen-bond donors (Lipinski definition) is 2. The van der Waals surface area contributed by atoms with Crippen molar-refractivity contribution in [3.63, 3.8) is 0 Å². The molecule has 2 aliphatic carbocycles. The Balaban J connectivity index is 1.51. The minimum absolute atomic E-state index is 0.141. The van der Waals surface area contributed by atoms with Crippen molar-refractivity contribution in [2.75, 3.05) is 19.6 Å². The van der Waals surface area contributed by atoms with Gasteiger partial charge in [0.05, 0.1) is 0 Å². The van der Waals surface area contributed by atoms with E-state index in [1.54, 1.807) is 4.31 Å². The third kappa shape index (κ3) is 4.16. The van der Waals surface area contributed by atoms with Crippen LogP contribution in [-0.4, -0.2) is 44.4 Å². The van der Waals surface area contributed by atoms with Crippen LogP contribution in [-0.2, 0) is 10.2 Å². The Morgan fingerprint density at radius 2 is 1.85 bits per heavy atom. The van der Waals surface area contributed by atoms with Gasteiger partial charge >= 0.3 is 0 Å². The van der Waals surface area contributed by atoms with Gasteiger partial charge in [-0.1, -0.05) is 19.3 Å². The molecule has 0 aromatic rings. The van der Waals surface area contributed by atoms with Crippen LogP contribution in [0.15, 0.2) is 0 Å². The van der Waals surface area contributed by atoms with Gasteiger partial charge in [0.1, 0.15) is 0 Å². The summed E-state index contributed by atoms with van der Waals surface area (Å²) >= 11 is 0. The fraction of sp³-hybridized carbons (Fsp3) is 1.00. The number of hydrogen-bond acceptors (Lipinski definition) is 3. The topological polar surface area (TPSA) is 61.4 Å². The molecule has 1 atom stereocenters. The molecule has 1 saturated heterocycles. The lowest BCUT2D eigenvalue weighted by molar-refractivity contribution is 0.242. The highest BCUT2D eigenvalue weighted by Crippen LogP contribution is 2.31. The molecule has 0 radical (unpaired) electrons. The summed E-state index contributed by atoms with van der Waals surface area (Å²) in [4.78, 5) is 0. The number of nitrogens with one attached hydrogen (secondary N) is 2. The van der Waals surface area contributed by atoms with Gasteiger partial charge in [-0.05, 0) is 38.0 Å². The quantitative estimate of drug-likeness (QED) is 0.709. The van der Waals surface area contributed by atoms with Crippen molar-refractivity contribution in [2.45, 2.75) is 63.5 Å². The standard InChI is InChI=1S/C14H27N3O2S/c18-20(19,16-9-8-12-4-5-12)17-10-2-1-3-14(17)11-15-13-6-7-13/h12-16H,1-11H2. The first-order chi connectivity index (χ1) is 9.65. The summed E-state index contributed by atoms with van der Waals surface area (Å²) in [6.45, 7) is 2.09. The zero-order chi connectivity index (χ0) is 14.0. The van der Waals surface area contributed by atoms with Crippen molar-refractivity contribution in [1.29, 1.82) is 0 Å². The van der Waals surface area contributed by atoms with Gasteiger partial charge in [-0.3, -0.25) is 0 Å². The Morgan fingerprint density at radius 1 is 1.05 bits per heavy atom. The van der Waals surface area contributed by atoms with Crippen LogP contribution in [0, 0.1) is 5.92 Å². The van der Waals surface area contributed by atoms with E-state index in [2.05, 4.69) is 10.0 Å². The van der Waals surface area contributed by atoms with E-state index < -0.39 is 10.2 Å². The lowest BCUT2D eigenvalue weighted by atomic mass is 10.1. The first-order valence-corrected chi connectivity index (χ1v) is 9.59. The summed E-state index contributed by atoms with van der Waals surface area (Å²) in [6, 6.07) is 0.784. The third-order valence-electron chi connectivity index (χ3n) is 4.64. The molecule has 1 aliphatic heterocycles. The summed E-state index contributed by atoms with van der Waals surface area (Å²) in [5.74, 6) is 0.770. The van der Waals surface area contributed by atoms with Crippen molar-refractivity contribution < 1.29 is 8.42 Å². The van der Waals surface area contributed by atoms with Gasteiger partial charge in [-0.15, -0.1) is 0 Å². The Kier molecular flexibility index (Phi) is 4.65. The third-order valence-corrected chi connectivity index (χ3v) is 6.30. The number of nitrogens with zero attached hydrogens (tertiary/aromatic N) is 1. The maximum absolute atomic E-state index is 12.4. The van der Waals surface area contributed by atoms with E-state index in [1.165, 1.54) is 25.7 Å². The predicted molar refractivity (Wildman–Crippen MR) is 79.6 cm³/mol. The fourth-order valence-corrected chi connectivity index (χ4v) is 4.45. The Labute approximate surface area is 122 Å². The minimum Gasteiger partial charge on any atom is -0.312 e. The molecule has 116 valence electrons. The molecule has 3 rings (SSSR count). The van der Waals surface area contributed by atoms with Gasteiger partial charge in [0, 0.05) is 31.7 Å². The Hall–Kier alpha value is -0.170. The zero-order valence-corrected chi connectivity index (χ0v) is 13.0. The molecule has 0 bridgehead atoms. The second kappa shape index (κ2) is 6.30. The molecule has 0 aromatic carbocycles. The summed E-state index contributed by atoms with van der Waals surface area (Å²) in [5.41, 5.74) is 0. The molecule has 3 fully saturated rings. The van der Waals surface area contributed by atoms with Crippen LogP contribution in [0.4, 0.5) is 0 Å². The van der Waals surface area contributed by atoms with E-state index in [0.717, 1.165) is 38.1 Å². The SMILES string of the molecule is O=S(=O)(NCCC1CC1)N1CCCCC1CNC1CC1. The second-order valence-electron chi connectivity index (χ2n) is 6.57. The summed E-state index contributed by atoms with van der Waals surface area (Å²) in [5, 5.41) is 3.48. The molecule has 6 heteroatoms. The molecule has 0 amide bonds. The van der Waals surface area contributed by atoms with E-state index in [9.17, 15) is 8.42 Å². The normalized spacial score (nSPS) is 28.7. The van der Waals surface area contributed by atoms with Gasteiger partial charge in [0.15, 0.2) is 0 Å². The molecule has 1 unspecified atom stereocenters. The smallest absolute Gasteiger partial charge is 0.279 e. The van der Waals surface area contributed by atoms with E-state index in [-0.39, 0.29) is 6.04 Å². The zero-order valence-electron chi connectivity index (χ0n) is 12.2. The van der Waals surface area contributed by atoms with E-state index in [0.29, 0.717) is 19.1 Å². The average molecular weight is 301 g/mol. The predicted octanol–water partition coefficient (Wildman–Crippen LogP) is 1.23. The summed E-state index contributed by atoms with van der Waals surface area (Å²) in [6.07, 6.45) is 9.17. The molecular formula is C14H27N3O2S. The lowest BCUT2D eigenvalue weighted by Crippen LogP contribution is -2.52. The molecule has 5 nitrogen and oxygen atoms in total. The van der Waals surface area contributed by atoms with Crippen molar-refractivity contribution in [1.82, 2.24) is 14.3 Å². The molecule has 3 aliphatic rings.